The monoisotopic (exact) mass is 255 g/mol. The van der Waals surface area contributed by atoms with E-state index >= 15 is 0 Å². The first-order valence-electron chi connectivity index (χ1n) is 5.70. The van der Waals surface area contributed by atoms with Crippen LogP contribution in [0.15, 0.2) is 12.1 Å². The lowest BCUT2D eigenvalue weighted by atomic mass is 10.2. The third-order valence-electron chi connectivity index (χ3n) is 2.97. The topological polar surface area (TPSA) is 53.1 Å². The summed E-state index contributed by atoms with van der Waals surface area (Å²) >= 11 is 0. The first-order chi connectivity index (χ1) is 8.60. The van der Waals surface area contributed by atoms with Gasteiger partial charge in [-0.25, -0.2) is 13.8 Å². The van der Waals surface area contributed by atoms with Crippen LogP contribution in [0.2, 0.25) is 0 Å². The molecule has 1 aromatic heterocycles. The van der Waals surface area contributed by atoms with Crippen LogP contribution in [0.1, 0.15) is 19.4 Å². The van der Waals surface area contributed by atoms with E-state index in [9.17, 15) is 8.78 Å². The van der Waals surface area contributed by atoms with Gasteiger partial charge in [-0.1, -0.05) is 6.92 Å². The molecule has 0 aliphatic carbocycles. The van der Waals surface area contributed by atoms with E-state index in [0.29, 0.717) is 18.5 Å². The molecule has 98 valence electrons. The van der Waals surface area contributed by atoms with E-state index in [-0.39, 0.29) is 17.5 Å². The van der Waals surface area contributed by atoms with E-state index in [1.54, 1.807) is 7.11 Å². The summed E-state index contributed by atoms with van der Waals surface area (Å²) < 4.78 is 33.7. The van der Waals surface area contributed by atoms with Crippen molar-refractivity contribution in [2.75, 3.05) is 19.5 Å². The summed E-state index contributed by atoms with van der Waals surface area (Å²) in [5, 5.41) is 0. The number of methoxy groups -OCH3 is 1. The van der Waals surface area contributed by atoms with E-state index in [1.165, 1.54) is 10.6 Å². The van der Waals surface area contributed by atoms with Crippen molar-refractivity contribution in [3.8, 4) is 0 Å². The largest absolute Gasteiger partial charge is 0.383 e. The number of nitrogens with zero attached hydrogens (tertiary/aromatic N) is 2. The average Bonchev–Trinajstić information content (AvgIpc) is 2.68. The molecule has 0 spiro atoms. The molecule has 2 rings (SSSR count). The number of rotatable bonds is 4. The summed E-state index contributed by atoms with van der Waals surface area (Å²) in [7, 11) is 1.55. The van der Waals surface area contributed by atoms with Gasteiger partial charge in [0.2, 0.25) is 5.95 Å². The van der Waals surface area contributed by atoms with Gasteiger partial charge in [-0.2, -0.15) is 0 Å². The minimum absolute atomic E-state index is 0.0939. The number of fused-ring (bicyclic) bond motifs is 1. The minimum atomic E-state index is -0.925. The van der Waals surface area contributed by atoms with E-state index in [4.69, 9.17) is 10.5 Å². The first kappa shape index (κ1) is 12.8. The predicted molar refractivity (Wildman–Crippen MR) is 65.3 cm³/mol. The molecule has 0 bridgehead atoms. The van der Waals surface area contributed by atoms with E-state index < -0.39 is 11.6 Å². The number of halogens is 2. The van der Waals surface area contributed by atoms with Crippen molar-refractivity contribution in [3.05, 3.63) is 23.8 Å². The average molecular weight is 255 g/mol. The van der Waals surface area contributed by atoms with Crippen molar-refractivity contribution in [1.82, 2.24) is 9.55 Å². The lowest BCUT2D eigenvalue weighted by molar-refractivity contribution is 0.155. The molecule has 0 saturated heterocycles. The Morgan fingerprint density at radius 1 is 1.44 bits per heavy atom. The van der Waals surface area contributed by atoms with Crippen molar-refractivity contribution in [3.63, 3.8) is 0 Å². The third-order valence-corrected chi connectivity index (χ3v) is 2.97. The number of anilines is 1. The highest BCUT2D eigenvalue weighted by molar-refractivity contribution is 5.79. The Balaban J connectivity index is 2.68. The van der Waals surface area contributed by atoms with Crippen LogP contribution in [0.5, 0.6) is 0 Å². The Morgan fingerprint density at radius 3 is 2.78 bits per heavy atom. The normalized spacial score (nSPS) is 13.1. The molecule has 0 amide bonds. The molecule has 2 N–H and O–H groups in total. The molecule has 6 heteroatoms. The van der Waals surface area contributed by atoms with Crippen LogP contribution >= 0.6 is 0 Å². The van der Waals surface area contributed by atoms with Crippen molar-refractivity contribution < 1.29 is 13.5 Å². The predicted octanol–water partition coefficient (Wildman–Crippen LogP) is 2.49. The number of imidazole rings is 1. The maximum Gasteiger partial charge on any atom is 0.201 e. The van der Waals surface area contributed by atoms with Crippen molar-refractivity contribution in [1.29, 1.82) is 0 Å². The Morgan fingerprint density at radius 2 is 2.17 bits per heavy atom. The van der Waals surface area contributed by atoms with Gasteiger partial charge in [0.1, 0.15) is 5.52 Å². The van der Waals surface area contributed by atoms with Crippen LogP contribution in [-0.4, -0.2) is 23.3 Å². The SMILES string of the molecule is CCC(COC)n1c(N)nc2ccc(F)c(F)c21. The molecule has 0 fully saturated rings. The van der Waals surface area contributed by atoms with Gasteiger partial charge >= 0.3 is 0 Å². The zero-order valence-corrected chi connectivity index (χ0v) is 10.3. The highest BCUT2D eigenvalue weighted by atomic mass is 19.2. The molecule has 1 aromatic carbocycles. The molecule has 18 heavy (non-hydrogen) atoms. The summed E-state index contributed by atoms with van der Waals surface area (Å²) in [5.74, 6) is -1.67. The standard InChI is InChI=1S/C12H15F2N3O/c1-3-7(6-18-2)17-11-9(16-12(17)15)5-4-8(13)10(11)14/h4-5,7H,3,6H2,1-2H3,(H2,15,16). The molecule has 2 aromatic rings. The van der Waals surface area contributed by atoms with Gasteiger partial charge in [0.05, 0.1) is 18.2 Å². The van der Waals surface area contributed by atoms with Gasteiger partial charge < -0.3 is 15.0 Å². The zero-order chi connectivity index (χ0) is 13.3. The van der Waals surface area contributed by atoms with Crippen molar-refractivity contribution in [2.24, 2.45) is 0 Å². The summed E-state index contributed by atoms with van der Waals surface area (Å²) in [6, 6.07) is 2.29. The number of hydrogen-bond donors (Lipinski definition) is 1. The molecule has 0 radical (unpaired) electrons. The Labute approximate surface area is 103 Å². The number of nitrogens with two attached hydrogens (primary N) is 1. The van der Waals surface area contributed by atoms with E-state index in [0.717, 1.165) is 6.07 Å². The lowest BCUT2D eigenvalue weighted by Crippen LogP contribution is -2.16. The highest BCUT2D eigenvalue weighted by Crippen LogP contribution is 2.28. The zero-order valence-electron chi connectivity index (χ0n) is 10.3. The van der Waals surface area contributed by atoms with Gasteiger partial charge in [-0.05, 0) is 18.6 Å². The van der Waals surface area contributed by atoms with Crippen molar-refractivity contribution >= 4 is 17.0 Å². The quantitative estimate of drug-likeness (QED) is 0.913. The molecule has 1 atom stereocenters. The fourth-order valence-corrected chi connectivity index (χ4v) is 2.08. The van der Waals surface area contributed by atoms with Crippen LogP contribution in [-0.2, 0) is 4.74 Å². The van der Waals surface area contributed by atoms with Crippen LogP contribution in [0.25, 0.3) is 11.0 Å². The highest BCUT2D eigenvalue weighted by Gasteiger charge is 2.21. The summed E-state index contributed by atoms with van der Waals surface area (Å²) in [6.07, 6.45) is 0.680. The smallest absolute Gasteiger partial charge is 0.201 e. The van der Waals surface area contributed by atoms with Gasteiger partial charge in [0.15, 0.2) is 11.6 Å². The van der Waals surface area contributed by atoms with Gasteiger partial charge in [-0.3, -0.25) is 0 Å². The van der Waals surface area contributed by atoms with Gasteiger partial charge in [0, 0.05) is 7.11 Å². The number of ether oxygens (including phenoxy) is 1. The Hall–Kier alpha value is -1.69. The van der Waals surface area contributed by atoms with Crippen LogP contribution in [0.3, 0.4) is 0 Å². The molecule has 0 aliphatic heterocycles. The maximum absolute atomic E-state index is 13.9. The lowest BCUT2D eigenvalue weighted by Gasteiger charge is -2.18. The summed E-state index contributed by atoms with van der Waals surface area (Å²) in [4.78, 5) is 4.04. The van der Waals surface area contributed by atoms with Crippen molar-refractivity contribution in [2.45, 2.75) is 19.4 Å². The Bertz CT molecular complexity index is 568. The number of aromatic nitrogens is 2. The molecule has 1 heterocycles. The maximum atomic E-state index is 13.9. The van der Waals surface area contributed by atoms with Gasteiger partial charge in [-0.15, -0.1) is 0 Å². The number of benzene rings is 1. The Kier molecular flexibility index (Phi) is 3.47. The number of nitrogen functional groups attached to an aromatic ring is 1. The minimum Gasteiger partial charge on any atom is -0.383 e. The molecular formula is C12H15F2N3O. The van der Waals surface area contributed by atoms with Crippen LogP contribution in [0, 0.1) is 11.6 Å². The molecule has 0 aliphatic rings. The first-order valence-corrected chi connectivity index (χ1v) is 5.70. The van der Waals surface area contributed by atoms with Crippen LogP contribution in [0.4, 0.5) is 14.7 Å². The fraction of sp³-hybridized carbons (Fsp3) is 0.417. The van der Waals surface area contributed by atoms with E-state index in [2.05, 4.69) is 4.98 Å². The third kappa shape index (κ3) is 1.92. The second-order valence-corrected chi connectivity index (χ2v) is 4.09. The molecular weight excluding hydrogens is 240 g/mol. The fourth-order valence-electron chi connectivity index (χ4n) is 2.08. The van der Waals surface area contributed by atoms with E-state index in [1.807, 2.05) is 6.92 Å². The van der Waals surface area contributed by atoms with Gasteiger partial charge in [0.25, 0.3) is 0 Å². The molecule has 1 unspecified atom stereocenters. The molecule has 0 saturated carbocycles. The second-order valence-electron chi connectivity index (χ2n) is 4.09. The summed E-state index contributed by atoms with van der Waals surface area (Å²) in [6.45, 7) is 2.29. The molecule has 4 nitrogen and oxygen atoms in total. The van der Waals surface area contributed by atoms with Crippen LogP contribution < -0.4 is 5.73 Å². The second kappa shape index (κ2) is 4.89. The number of hydrogen-bond acceptors (Lipinski definition) is 3. The summed E-state index contributed by atoms with van der Waals surface area (Å²) in [5.41, 5.74) is 6.23.